The van der Waals surface area contributed by atoms with Crippen LogP contribution in [0.25, 0.3) is 0 Å². The molecule has 0 radical (unpaired) electrons. The van der Waals surface area contributed by atoms with Gasteiger partial charge in [0.1, 0.15) is 4.92 Å². The first kappa shape index (κ1) is 14.7. The van der Waals surface area contributed by atoms with E-state index in [1.807, 2.05) is 13.8 Å². The molecule has 1 aromatic heterocycles. The molecule has 104 valence electrons. The molecule has 0 fully saturated rings. The Labute approximate surface area is 108 Å². The Morgan fingerprint density at radius 2 is 2.16 bits per heavy atom. The van der Waals surface area contributed by atoms with Gasteiger partial charge in [0, 0.05) is 6.54 Å². The average molecular weight is 270 g/mol. The van der Waals surface area contributed by atoms with Gasteiger partial charge in [-0.3, -0.25) is 14.9 Å². The second-order valence-corrected chi connectivity index (χ2v) is 4.17. The van der Waals surface area contributed by atoms with Gasteiger partial charge in [-0.15, -0.1) is 0 Å². The van der Waals surface area contributed by atoms with Crippen molar-refractivity contribution in [1.82, 2.24) is 5.32 Å². The van der Waals surface area contributed by atoms with E-state index in [1.165, 1.54) is 0 Å². The minimum absolute atomic E-state index is 0.285. The molecule has 19 heavy (non-hydrogen) atoms. The molecule has 0 aromatic carbocycles. The topological polar surface area (TPSA) is 112 Å². The molecule has 8 nitrogen and oxygen atoms in total. The van der Waals surface area contributed by atoms with E-state index in [0.717, 1.165) is 12.1 Å². The van der Waals surface area contributed by atoms with Gasteiger partial charge in [-0.25, -0.2) is 4.79 Å². The van der Waals surface area contributed by atoms with Gasteiger partial charge < -0.3 is 14.5 Å². The highest BCUT2D eigenvalue weighted by atomic mass is 16.7. The van der Waals surface area contributed by atoms with E-state index >= 15 is 0 Å². The summed E-state index contributed by atoms with van der Waals surface area (Å²) in [7, 11) is 0. The van der Waals surface area contributed by atoms with Gasteiger partial charge in [-0.05, 0) is 12.0 Å². The first-order valence-corrected chi connectivity index (χ1v) is 5.58. The van der Waals surface area contributed by atoms with Crippen molar-refractivity contribution >= 4 is 17.8 Å². The van der Waals surface area contributed by atoms with Gasteiger partial charge in [0.25, 0.3) is 5.91 Å². The lowest BCUT2D eigenvalue weighted by atomic mass is 10.2. The largest absolute Gasteiger partial charge is 0.450 e. The third-order valence-corrected chi connectivity index (χ3v) is 2.01. The van der Waals surface area contributed by atoms with Gasteiger partial charge in [-0.1, -0.05) is 13.8 Å². The molecule has 0 aliphatic carbocycles. The van der Waals surface area contributed by atoms with Crippen LogP contribution in [-0.2, 0) is 9.53 Å². The highest BCUT2D eigenvalue weighted by Crippen LogP contribution is 2.16. The van der Waals surface area contributed by atoms with E-state index in [0.29, 0.717) is 6.54 Å². The van der Waals surface area contributed by atoms with Crippen LogP contribution in [0.4, 0.5) is 5.88 Å². The second kappa shape index (κ2) is 6.53. The van der Waals surface area contributed by atoms with Gasteiger partial charge in [0.15, 0.2) is 6.61 Å². The lowest BCUT2D eigenvalue weighted by Gasteiger charge is -2.07. The van der Waals surface area contributed by atoms with Crippen molar-refractivity contribution in [1.29, 1.82) is 0 Å². The van der Waals surface area contributed by atoms with Crippen molar-refractivity contribution in [3.8, 4) is 0 Å². The molecule has 1 amide bonds. The first-order chi connectivity index (χ1) is 8.90. The van der Waals surface area contributed by atoms with Crippen molar-refractivity contribution < 1.29 is 23.7 Å². The van der Waals surface area contributed by atoms with Gasteiger partial charge in [-0.2, -0.15) is 0 Å². The fourth-order valence-corrected chi connectivity index (χ4v) is 1.11. The van der Waals surface area contributed by atoms with E-state index in [-0.39, 0.29) is 11.7 Å². The molecular formula is C11H14N2O6. The zero-order valence-electron chi connectivity index (χ0n) is 10.5. The summed E-state index contributed by atoms with van der Waals surface area (Å²) < 4.78 is 9.28. The highest BCUT2D eigenvalue weighted by molar-refractivity contribution is 5.89. The van der Waals surface area contributed by atoms with Crippen LogP contribution in [0.1, 0.15) is 24.4 Å². The molecule has 0 aliphatic rings. The average Bonchev–Trinajstić information content (AvgIpc) is 2.83. The number of nitro groups is 1. The second-order valence-electron chi connectivity index (χ2n) is 4.17. The van der Waals surface area contributed by atoms with Crippen molar-refractivity contribution in [2.24, 2.45) is 5.92 Å². The molecule has 8 heteroatoms. The predicted octanol–water partition coefficient (Wildman–Crippen LogP) is 1.12. The van der Waals surface area contributed by atoms with Crippen LogP contribution in [0.15, 0.2) is 16.5 Å². The number of carbonyl (C=O) groups is 2. The van der Waals surface area contributed by atoms with Crippen molar-refractivity contribution in [2.75, 3.05) is 13.2 Å². The van der Waals surface area contributed by atoms with Crippen LogP contribution in [0.2, 0.25) is 0 Å². The van der Waals surface area contributed by atoms with Crippen LogP contribution in [0, 0.1) is 16.0 Å². The molecule has 0 saturated carbocycles. The molecule has 0 atom stereocenters. The minimum Gasteiger partial charge on any atom is -0.450 e. The van der Waals surface area contributed by atoms with E-state index < -0.39 is 29.3 Å². The van der Waals surface area contributed by atoms with Crippen LogP contribution < -0.4 is 5.32 Å². The number of ether oxygens (including phenoxy) is 1. The smallest absolute Gasteiger partial charge is 0.433 e. The molecule has 1 rings (SSSR count). The maximum atomic E-state index is 11.4. The lowest BCUT2D eigenvalue weighted by molar-refractivity contribution is -0.402. The predicted molar refractivity (Wildman–Crippen MR) is 63.5 cm³/mol. The summed E-state index contributed by atoms with van der Waals surface area (Å²) in [5.41, 5.74) is 0. The number of nitrogens with zero attached hydrogens (tertiary/aromatic N) is 1. The molecule has 0 saturated heterocycles. The number of hydrogen-bond acceptors (Lipinski definition) is 6. The highest BCUT2D eigenvalue weighted by Gasteiger charge is 2.19. The minimum atomic E-state index is -0.923. The number of rotatable bonds is 6. The quantitative estimate of drug-likeness (QED) is 0.471. The standard InChI is InChI=1S/C11H14N2O6/c1-7(2)5-12-9(14)6-18-11(15)8-3-4-10(19-8)13(16)17/h3-4,7H,5-6H2,1-2H3,(H,12,14). The number of nitrogens with one attached hydrogen (secondary N) is 1. The summed E-state index contributed by atoms with van der Waals surface area (Å²) in [5.74, 6) is -1.96. The third-order valence-electron chi connectivity index (χ3n) is 2.01. The normalized spacial score (nSPS) is 10.3. The van der Waals surface area contributed by atoms with E-state index in [2.05, 4.69) is 14.5 Å². The summed E-state index contributed by atoms with van der Waals surface area (Å²) in [6, 6.07) is 2.15. The fourth-order valence-electron chi connectivity index (χ4n) is 1.11. The molecule has 0 spiro atoms. The Balaban J connectivity index is 2.42. The number of amides is 1. The molecule has 1 aromatic rings. The molecule has 0 aliphatic heterocycles. The Morgan fingerprint density at radius 3 is 2.68 bits per heavy atom. The molecule has 0 unspecified atom stereocenters. The zero-order valence-corrected chi connectivity index (χ0v) is 10.5. The SMILES string of the molecule is CC(C)CNC(=O)COC(=O)c1ccc([N+](=O)[O-])o1. The molecule has 1 heterocycles. The molecule has 0 bridgehead atoms. The summed E-state index contributed by atoms with van der Waals surface area (Å²) in [4.78, 5) is 32.2. The van der Waals surface area contributed by atoms with Gasteiger partial charge in [0.05, 0.1) is 6.07 Å². The Hall–Kier alpha value is -2.38. The van der Waals surface area contributed by atoms with Crippen LogP contribution in [-0.4, -0.2) is 30.0 Å². The fraction of sp³-hybridized carbons (Fsp3) is 0.455. The number of esters is 1. The summed E-state index contributed by atoms with van der Waals surface area (Å²) >= 11 is 0. The maximum absolute atomic E-state index is 11.4. The van der Waals surface area contributed by atoms with Crippen molar-refractivity contribution in [3.05, 3.63) is 28.0 Å². The first-order valence-electron chi connectivity index (χ1n) is 5.58. The summed E-state index contributed by atoms with van der Waals surface area (Å²) in [6.07, 6.45) is 0. The van der Waals surface area contributed by atoms with Crippen molar-refractivity contribution in [3.63, 3.8) is 0 Å². The lowest BCUT2D eigenvalue weighted by Crippen LogP contribution is -2.31. The monoisotopic (exact) mass is 270 g/mol. The third kappa shape index (κ3) is 4.78. The zero-order chi connectivity index (χ0) is 14.4. The van der Waals surface area contributed by atoms with Crippen LogP contribution in [0.5, 0.6) is 0 Å². The van der Waals surface area contributed by atoms with E-state index in [4.69, 9.17) is 0 Å². The number of hydrogen-bond donors (Lipinski definition) is 1. The summed E-state index contributed by atoms with van der Waals surface area (Å²) in [5, 5.41) is 12.9. The molecular weight excluding hydrogens is 256 g/mol. The van der Waals surface area contributed by atoms with Crippen molar-refractivity contribution in [2.45, 2.75) is 13.8 Å². The van der Waals surface area contributed by atoms with Crippen LogP contribution in [0.3, 0.4) is 0 Å². The number of carbonyl (C=O) groups excluding carboxylic acids is 2. The Bertz CT molecular complexity index is 479. The Morgan fingerprint density at radius 1 is 1.47 bits per heavy atom. The van der Waals surface area contributed by atoms with E-state index in [1.54, 1.807) is 0 Å². The maximum Gasteiger partial charge on any atom is 0.433 e. The number of furan rings is 1. The van der Waals surface area contributed by atoms with Gasteiger partial charge >= 0.3 is 11.9 Å². The van der Waals surface area contributed by atoms with E-state index in [9.17, 15) is 19.7 Å². The van der Waals surface area contributed by atoms with Gasteiger partial charge in [0.2, 0.25) is 5.76 Å². The molecule has 1 N–H and O–H groups in total. The van der Waals surface area contributed by atoms with Crippen LogP contribution >= 0.6 is 0 Å². The Kier molecular flexibility index (Phi) is 5.04. The summed E-state index contributed by atoms with van der Waals surface area (Å²) in [6.45, 7) is 3.87.